The third kappa shape index (κ3) is 1.10. The van der Waals surface area contributed by atoms with E-state index >= 15 is 0 Å². The topological polar surface area (TPSA) is 29.3 Å². The number of rotatable bonds is 1. The fourth-order valence-electron chi connectivity index (χ4n) is 3.02. The summed E-state index contributed by atoms with van der Waals surface area (Å²) in [5, 5.41) is 0. The van der Waals surface area contributed by atoms with Gasteiger partial charge < -0.3 is 10.6 Å². The van der Waals surface area contributed by atoms with Gasteiger partial charge in [0, 0.05) is 23.5 Å². The second-order valence-corrected chi connectivity index (χ2v) is 4.46. The average Bonchev–Trinajstić information content (AvgIpc) is 2.76. The molecule has 2 fully saturated rings. The van der Waals surface area contributed by atoms with Crippen molar-refractivity contribution in [1.29, 1.82) is 0 Å². The first-order chi connectivity index (χ1) is 6.84. The van der Waals surface area contributed by atoms with Crippen LogP contribution in [0.15, 0.2) is 24.3 Å². The van der Waals surface area contributed by atoms with Gasteiger partial charge in [-0.15, -0.1) is 0 Å². The molecule has 0 unspecified atom stereocenters. The van der Waals surface area contributed by atoms with Gasteiger partial charge in [-0.1, -0.05) is 6.07 Å². The second-order valence-electron chi connectivity index (χ2n) is 4.46. The number of nitrogens with zero attached hydrogens (tertiary/aromatic N) is 1. The molecule has 0 saturated carbocycles. The summed E-state index contributed by atoms with van der Waals surface area (Å²) in [4.78, 5) is 2.58. The SMILES string of the molecule is Nc1cccc(N2C3CCC2CC3)c1. The van der Waals surface area contributed by atoms with Crippen LogP contribution in [0.1, 0.15) is 25.7 Å². The Bertz CT molecular complexity index is 328. The second kappa shape index (κ2) is 2.91. The van der Waals surface area contributed by atoms with Crippen LogP contribution in [0.2, 0.25) is 0 Å². The van der Waals surface area contributed by atoms with Crippen LogP contribution in [0.5, 0.6) is 0 Å². The molecule has 2 N–H and O–H groups in total. The number of anilines is 2. The predicted octanol–water partition coefficient (Wildman–Crippen LogP) is 2.40. The van der Waals surface area contributed by atoms with E-state index in [9.17, 15) is 0 Å². The molecule has 2 aliphatic rings. The molecule has 2 aliphatic heterocycles. The molecule has 0 amide bonds. The summed E-state index contributed by atoms with van der Waals surface area (Å²) in [5.74, 6) is 0. The number of benzene rings is 1. The highest BCUT2D eigenvalue weighted by atomic mass is 15.2. The van der Waals surface area contributed by atoms with Crippen molar-refractivity contribution in [3.63, 3.8) is 0 Å². The van der Waals surface area contributed by atoms with E-state index in [-0.39, 0.29) is 0 Å². The van der Waals surface area contributed by atoms with Crippen molar-refractivity contribution in [1.82, 2.24) is 0 Å². The third-order valence-electron chi connectivity index (χ3n) is 3.62. The minimum atomic E-state index is 0.793. The highest BCUT2D eigenvalue weighted by molar-refractivity contribution is 5.58. The minimum Gasteiger partial charge on any atom is -0.399 e. The van der Waals surface area contributed by atoms with Gasteiger partial charge in [0.2, 0.25) is 0 Å². The smallest absolute Gasteiger partial charge is 0.0391 e. The minimum absolute atomic E-state index is 0.793. The van der Waals surface area contributed by atoms with E-state index in [0.717, 1.165) is 17.8 Å². The summed E-state index contributed by atoms with van der Waals surface area (Å²) < 4.78 is 0. The summed E-state index contributed by atoms with van der Waals surface area (Å²) in [5.41, 5.74) is 8.02. The van der Waals surface area contributed by atoms with Gasteiger partial charge in [0.1, 0.15) is 0 Å². The number of hydrogen-bond acceptors (Lipinski definition) is 2. The van der Waals surface area contributed by atoms with Crippen LogP contribution in [0.3, 0.4) is 0 Å². The van der Waals surface area contributed by atoms with E-state index in [1.807, 2.05) is 6.07 Å². The molecule has 0 atom stereocenters. The van der Waals surface area contributed by atoms with Crippen LogP contribution in [0.4, 0.5) is 11.4 Å². The predicted molar refractivity (Wildman–Crippen MR) is 59.4 cm³/mol. The normalized spacial score (nSPS) is 29.9. The van der Waals surface area contributed by atoms with E-state index in [1.54, 1.807) is 0 Å². The average molecular weight is 188 g/mol. The van der Waals surface area contributed by atoms with Crippen LogP contribution < -0.4 is 10.6 Å². The molecule has 2 saturated heterocycles. The van der Waals surface area contributed by atoms with Gasteiger partial charge in [0.05, 0.1) is 0 Å². The van der Waals surface area contributed by atoms with E-state index in [2.05, 4.69) is 23.1 Å². The first-order valence-corrected chi connectivity index (χ1v) is 5.48. The van der Waals surface area contributed by atoms with Gasteiger partial charge in [-0.2, -0.15) is 0 Å². The summed E-state index contributed by atoms with van der Waals surface area (Å²) >= 11 is 0. The zero-order valence-electron chi connectivity index (χ0n) is 8.32. The molecule has 1 aromatic carbocycles. The van der Waals surface area contributed by atoms with Gasteiger partial charge in [-0.25, -0.2) is 0 Å². The maximum atomic E-state index is 5.81. The lowest BCUT2D eigenvalue weighted by atomic mass is 10.0. The van der Waals surface area contributed by atoms with E-state index in [4.69, 9.17) is 5.73 Å². The Morgan fingerprint density at radius 1 is 1.07 bits per heavy atom. The van der Waals surface area contributed by atoms with Crippen LogP contribution in [0, 0.1) is 0 Å². The molecule has 2 heteroatoms. The maximum Gasteiger partial charge on any atom is 0.0391 e. The van der Waals surface area contributed by atoms with Crippen LogP contribution in [-0.2, 0) is 0 Å². The van der Waals surface area contributed by atoms with Crippen molar-refractivity contribution in [2.24, 2.45) is 0 Å². The van der Waals surface area contributed by atoms with E-state index < -0.39 is 0 Å². The number of nitrogen functional groups attached to an aromatic ring is 1. The first kappa shape index (κ1) is 8.16. The molecule has 14 heavy (non-hydrogen) atoms. The molecule has 2 nitrogen and oxygen atoms in total. The molecule has 3 rings (SSSR count). The van der Waals surface area contributed by atoms with Crippen molar-refractivity contribution < 1.29 is 0 Å². The Kier molecular flexibility index (Phi) is 1.69. The van der Waals surface area contributed by atoms with Crippen LogP contribution >= 0.6 is 0 Å². The Balaban J connectivity index is 1.95. The van der Waals surface area contributed by atoms with Crippen molar-refractivity contribution in [3.8, 4) is 0 Å². The third-order valence-corrected chi connectivity index (χ3v) is 3.62. The lowest BCUT2D eigenvalue weighted by Gasteiger charge is -2.24. The van der Waals surface area contributed by atoms with Gasteiger partial charge in [-0.3, -0.25) is 0 Å². The standard InChI is InChI=1S/C12H16N2/c13-9-2-1-3-12(8-9)14-10-4-5-11(14)7-6-10/h1-3,8,10-11H,4-7,13H2. The Hall–Kier alpha value is -1.18. The molecular weight excluding hydrogens is 172 g/mol. The fraction of sp³-hybridized carbons (Fsp3) is 0.500. The van der Waals surface area contributed by atoms with Gasteiger partial charge >= 0.3 is 0 Å². The number of hydrogen-bond donors (Lipinski definition) is 1. The van der Waals surface area contributed by atoms with Crippen molar-refractivity contribution >= 4 is 11.4 Å². The molecule has 2 heterocycles. The Morgan fingerprint density at radius 2 is 1.71 bits per heavy atom. The molecule has 0 aliphatic carbocycles. The number of nitrogens with two attached hydrogens (primary N) is 1. The Labute approximate surface area is 84.7 Å². The number of fused-ring (bicyclic) bond motifs is 2. The summed E-state index contributed by atoms with van der Waals surface area (Å²) in [6.45, 7) is 0. The van der Waals surface area contributed by atoms with Crippen LogP contribution in [0.25, 0.3) is 0 Å². The largest absolute Gasteiger partial charge is 0.399 e. The summed E-state index contributed by atoms with van der Waals surface area (Å²) in [6, 6.07) is 9.90. The molecule has 2 bridgehead atoms. The zero-order valence-corrected chi connectivity index (χ0v) is 8.32. The van der Waals surface area contributed by atoms with Gasteiger partial charge in [-0.05, 0) is 43.9 Å². The molecular formula is C12H16N2. The molecule has 1 aromatic rings. The van der Waals surface area contributed by atoms with Gasteiger partial charge in [0.25, 0.3) is 0 Å². The zero-order chi connectivity index (χ0) is 9.54. The van der Waals surface area contributed by atoms with Crippen molar-refractivity contribution in [3.05, 3.63) is 24.3 Å². The lowest BCUT2D eigenvalue weighted by molar-refractivity contribution is 0.576. The van der Waals surface area contributed by atoms with Crippen molar-refractivity contribution in [2.45, 2.75) is 37.8 Å². The molecule has 0 aromatic heterocycles. The monoisotopic (exact) mass is 188 g/mol. The molecule has 0 spiro atoms. The summed E-state index contributed by atoms with van der Waals surface area (Å²) in [7, 11) is 0. The van der Waals surface area contributed by atoms with E-state index in [1.165, 1.54) is 31.4 Å². The quantitative estimate of drug-likeness (QED) is 0.686. The molecule has 74 valence electrons. The summed E-state index contributed by atoms with van der Waals surface area (Å²) in [6.07, 6.45) is 5.50. The van der Waals surface area contributed by atoms with E-state index in [0.29, 0.717) is 0 Å². The highest BCUT2D eigenvalue weighted by Gasteiger charge is 2.39. The fourth-order valence-corrected chi connectivity index (χ4v) is 3.02. The van der Waals surface area contributed by atoms with Crippen LogP contribution in [-0.4, -0.2) is 12.1 Å². The van der Waals surface area contributed by atoms with Crippen molar-refractivity contribution in [2.75, 3.05) is 10.6 Å². The van der Waals surface area contributed by atoms with Gasteiger partial charge in [0.15, 0.2) is 0 Å². The lowest BCUT2D eigenvalue weighted by Crippen LogP contribution is -2.27. The molecule has 0 radical (unpaired) electrons. The maximum absolute atomic E-state index is 5.81. The highest BCUT2D eigenvalue weighted by Crippen LogP contribution is 2.41. The first-order valence-electron chi connectivity index (χ1n) is 5.48. The Morgan fingerprint density at radius 3 is 2.29 bits per heavy atom.